The van der Waals surface area contributed by atoms with Crippen LogP contribution in [0.1, 0.15) is 73.2 Å². The molecule has 4 aromatic carbocycles. The van der Waals surface area contributed by atoms with Crippen molar-refractivity contribution in [1.82, 2.24) is 9.97 Å². The van der Waals surface area contributed by atoms with E-state index in [0.29, 0.717) is 61.3 Å². The van der Waals surface area contributed by atoms with Crippen LogP contribution in [-0.2, 0) is 19.1 Å². The highest BCUT2D eigenvalue weighted by molar-refractivity contribution is 7.15. The molecule has 2 saturated carbocycles. The van der Waals surface area contributed by atoms with Crippen molar-refractivity contribution in [2.75, 3.05) is 28.4 Å². The molecule has 0 bridgehead atoms. The van der Waals surface area contributed by atoms with Gasteiger partial charge in [-0.3, -0.25) is 4.79 Å². The van der Waals surface area contributed by atoms with Gasteiger partial charge in [-0.1, -0.05) is 36.4 Å². The van der Waals surface area contributed by atoms with Crippen molar-refractivity contribution >= 4 is 69.4 Å². The van der Waals surface area contributed by atoms with Gasteiger partial charge in [0.05, 0.1) is 32.8 Å². The van der Waals surface area contributed by atoms with Gasteiger partial charge in [-0.25, -0.2) is 33.1 Å². The topological polar surface area (TPSA) is 161 Å². The molecule has 2 heterocycles. The molecule has 2 aliphatic carbocycles. The average Bonchev–Trinajstić information content (AvgIpc) is 3.99. The number of thiazole rings is 2. The average molecular weight is 891 g/mol. The van der Waals surface area contributed by atoms with E-state index in [1.807, 2.05) is 36.7 Å². The second kappa shape index (κ2) is 19.3. The van der Waals surface area contributed by atoms with E-state index in [1.54, 1.807) is 59.1 Å². The molecule has 0 radical (unpaired) electrons. The molecule has 0 unspecified atom stereocenters. The van der Waals surface area contributed by atoms with Gasteiger partial charge in [0.15, 0.2) is 0 Å². The number of aromatic nitrogens is 2. The first-order valence-electron chi connectivity index (χ1n) is 20.6. The molecule has 0 saturated heterocycles. The molecule has 2 aromatic heterocycles. The molecule has 2 aliphatic rings. The van der Waals surface area contributed by atoms with Gasteiger partial charge >= 0.3 is 24.0 Å². The Morgan fingerprint density at radius 2 is 1.05 bits per heavy atom. The monoisotopic (exact) mass is 890 g/mol. The van der Waals surface area contributed by atoms with Crippen molar-refractivity contribution in [2.24, 2.45) is 5.92 Å². The van der Waals surface area contributed by atoms with Gasteiger partial charge in [0.2, 0.25) is 5.60 Å². The summed E-state index contributed by atoms with van der Waals surface area (Å²) in [7, 11) is 1.32. The standard InChI is InChI=1S/C47H44F2N6O6S2/c1-60-44(57)47(22-20-31(21-23-47)42-51-27-40(63-42)29-14-18-36(19-15-29)53-46(59)55-38-7-3-5-34(49)25-38)61-43(56)32-10-8-30(9-11-32)41-50-26-39(62-41)28-12-16-35(17-13-28)52-45(58)54-37-6-2-4-33(48)24-37/h2-7,12-19,24-27,30-32H,8-11,20-23H2,1H3,(H2,52,54,58)(H2,53,55,59). The van der Waals surface area contributed by atoms with Crippen molar-refractivity contribution in [1.29, 1.82) is 0 Å². The smallest absolute Gasteiger partial charge is 0.350 e. The summed E-state index contributed by atoms with van der Waals surface area (Å²) in [6.45, 7) is 0. The van der Waals surface area contributed by atoms with Crippen molar-refractivity contribution in [3.05, 3.63) is 131 Å². The van der Waals surface area contributed by atoms with Gasteiger partial charge < -0.3 is 30.7 Å². The van der Waals surface area contributed by atoms with E-state index in [0.717, 1.165) is 43.7 Å². The van der Waals surface area contributed by atoms with Crippen LogP contribution < -0.4 is 21.3 Å². The largest absolute Gasteiger partial charge is 0.466 e. The Morgan fingerprint density at radius 1 is 0.603 bits per heavy atom. The molecule has 16 heteroatoms. The van der Waals surface area contributed by atoms with E-state index in [-0.39, 0.29) is 23.7 Å². The molecule has 4 amide bonds. The van der Waals surface area contributed by atoms with Crippen LogP contribution in [0.25, 0.3) is 20.9 Å². The number of esters is 2. The van der Waals surface area contributed by atoms with Gasteiger partial charge in [0, 0.05) is 47.0 Å². The van der Waals surface area contributed by atoms with Crippen LogP contribution in [-0.4, -0.2) is 46.7 Å². The predicted octanol–water partition coefficient (Wildman–Crippen LogP) is 11.6. The SMILES string of the molecule is COC(=O)C1(OC(=O)C2CCC(c3ncc(-c4ccc(NC(=O)Nc5cccc(F)c5)cc4)s3)CC2)CCC(c2ncc(-c3ccc(NC(=O)Nc4cccc(F)c4)cc3)s2)CC1. The second-order valence-electron chi connectivity index (χ2n) is 15.7. The second-order valence-corrected chi connectivity index (χ2v) is 17.8. The van der Waals surface area contributed by atoms with Gasteiger partial charge in [0.25, 0.3) is 0 Å². The van der Waals surface area contributed by atoms with Gasteiger partial charge in [-0.15, -0.1) is 22.7 Å². The number of amides is 4. The van der Waals surface area contributed by atoms with Crippen molar-refractivity contribution in [2.45, 2.75) is 68.8 Å². The fraction of sp³-hybridized carbons (Fsp3) is 0.277. The van der Waals surface area contributed by atoms with Crippen molar-refractivity contribution in [3.63, 3.8) is 0 Å². The van der Waals surface area contributed by atoms with E-state index in [4.69, 9.17) is 19.4 Å². The first-order valence-corrected chi connectivity index (χ1v) is 22.3. The molecule has 2 fully saturated rings. The lowest BCUT2D eigenvalue weighted by Crippen LogP contribution is -2.48. The Kier molecular flexibility index (Phi) is 13.2. The number of ether oxygens (including phenoxy) is 2. The number of halogens is 2. The predicted molar refractivity (Wildman–Crippen MR) is 240 cm³/mol. The zero-order valence-electron chi connectivity index (χ0n) is 34.2. The van der Waals surface area contributed by atoms with E-state index in [2.05, 4.69) is 21.3 Å². The van der Waals surface area contributed by atoms with Crippen LogP contribution in [0.2, 0.25) is 0 Å². The Labute approximate surface area is 370 Å². The van der Waals surface area contributed by atoms with Crippen LogP contribution in [0, 0.1) is 17.6 Å². The minimum atomic E-state index is -1.34. The summed E-state index contributed by atoms with van der Waals surface area (Å²) < 4.78 is 38.3. The van der Waals surface area contributed by atoms with E-state index in [9.17, 15) is 28.0 Å². The summed E-state index contributed by atoms with van der Waals surface area (Å²) in [6, 6.07) is 25.1. The lowest BCUT2D eigenvalue weighted by molar-refractivity contribution is -0.188. The maximum atomic E-state index is 13.7. The maximum absolute atomic E-state index is 13.7. The number of anilines is 4. The summed E-state index contributed by atoms with van der Waals surface area (Å²) in [5.74, 6) is -1.83. The summed E-state index contributed by atoms with van der Waals surface area (Å²) in [5, 5.41) is 12.7. The molecular weight excluding hydrogens is 847 g/mol. The molecule has 4 N–H and O–H groups in total. The molecular formula is C47H44F2N6O6S2. The lowest BCUT2D eigenvalue weighted by Gasteiger charge is -2.38. The maximum Gasteiger partial charge on any atom is 0.350 e. The Morgan fingerprint density at radius 3 is 1.49 bits per heavy atom. The number of methoxy groups -OCH3 is 1. The summed E-state index contributed by atoms with van der Waals surface area (Å²) in [4.78, 5) is 63.1. The highest BCUT2D eigenvalue weighted by Crippen LogP contribution is 2.45. The van der Waals surface area contributed by atoms with E-state index >= 15 is 0 Å². The number of nitrogens with zero attached hydrogens (tertiary/aromatic N) is 2. The highest BCUT2D eigenvalue weighted by atomic mass is 32.1. The number of hydrogen-bond acceptors (Lipinski definition) is 10. The number of hydrogen-bond donors (Lipinski definition) is 4. The molecule has 0 aliphatic heterocycles. The first-order chi connectivity index (χ1) is 30.5. The fourth-order valence-electron chi connectivity index (χ4n) is 8.09. The quantitative estimate of drug-likeness (QED) is 0.0935. The summed E-state index contributed by atoms with van der Waals surface area (Å²) >= 11 is 3.18. The lowest BCUT2D eigenvalue weighted by atomic mass is 9.78. The third-order valence-corrected chi connectivity index (χ3v) is 13.9. The molecule has 12 nitrogen and oxygen atoms in total. The number of carbonyl (C=O) groups is 4. The zero-order chi connectivity index (χ0) is 43.9. The van der Waals surface area contributed by atoms with Crippen molar-refractivity contribution < 1.29 is 37.4 Å². The molecule has 0 atom stereocenters. The third-order valence-electron chi connectivity index (χ3n) is 11.5. The number of nitrogens with one attached hydrogen (secondary N) is 4. The molecule has 324 valence electrons. The summed E-state index contributed by atoms with van der Waals surface area (Å²) in [6.07, 6.45) is 8.31. The fourth-order valence-corrected chi connectivity index (χ4v) is 10.3. The number of benzene rings is 4. The van der Waals surface area contributed by atoms with E-state index < -0.39 is 35.3 Å². The zero-order valence-corrected chi connectivity index (χ0v) is 35.8. The molecule has 63 heavy (non-hydrogen) atoms. The van der Waals surface area contributed by atoms with Crippen LogP contribution in [0.15, 0.2) is 109 Å². The normalized spacial score (nSPS) is 19.6. The minimum Gasteiger partial charge on any atom is -0.466 e. The molecule has 8 rings (SSSR count). The molecule has 0 spiro atoms. The van der Waals surface area contributed by atoms with Crippen LogP contribution >= 0.6 is 22.7 Å². The van der Waals surface area contributed by atoms with Gasteiger partial charge in [-0.05, 0) is 123 Å². The minimum absolute atomic E-state index is 0.0838. The van der Waals surface area contributed by atoms with Gasteiger partial charge in [-0.2, -0.15) is 0 Å². The highest BCUT2D eigenvalue weighted by Gasteiger charge is 2.48. The Balaban J connectivity index is 0.806. The summed E-state index contributed by atoms with van der Waals surface area (Å²) in [5.41, 5.74) is 2.40. The van der Waals surface area contributed by atoms with Crippen LogP contribution in [0.5, 0.6) is 0 Å². The third kappa shape index (κ3) is 10.6. The Bertz CT molecular complexity index is 2590. The number of carbonyl (C=O) groups excluding carboxylic acids is 4. The van der Waals surface area contributed by atoms with Gasteiger partial charge in [0.1, 0.15) is 11.6 Å². The first kappa shape index (κ1) is 43.1. The van der Waals surface area contributed by atoms with Crippen LogP contribution in [0.3, 0.4) is 0 Å². The van der Waals surface area contributed by atoms with Crippen LogP contribution in [0.4, 0.5) is 41.1 Å². The number of urea groups is 2. The van der Waals surface area contributed by atoms with E-state index in [1.165, 1.54) is 43.5 Å². The van der Waals surface area contributed by atoms with Crippen molar-refractivity contribution in [3.8, 4) is 20.9 Å². The number of rotatable bonds is 11. The molecule has 6 aromatic rings. The Hall–Kier alpha value is -6.52.